The van der Waals surface area contributed by atoms with E-state index < -0.39 is 0 Å². The molecule has 3 aliphatic rings. The molecule has 5 rings (SSSR count). The average Bonchev–Trinajstić information content (AvgIpc) is 3.47. The number of carbonyl (C=O) groups excluding carboxylic acids is 1. The number of fused-ring (bicyclic) bond motifs is 1. The number of pyridine rings is 1. The fourth-order valence-electron chi connectivity index (χ4n) is 5.29. The lowest BCUT2D eigenvalue weighted by Crippen LogP contribution is -2.40. The molecular formula is C28H30N4O4S2. The molecule has 0 radical (unpaired) electrons. The van der Waals surface area contributed by atoms with Crippen LogP contribution in [0.5, 0.6) is 11.5 Å². The highest BCUT2D eigenvalue weighted by atomic mass is 32.2. The number of thioether (sulfide) groups is 1. The van der Waals surface area contributed by atoms with Crippen molar-refractivity contribution in [2.24, 2.45) is 5.92 Å². The Morgan fingerprint density at radius 3 is 2.79 bits per heavy atom. The van der Waals surface area contributed by atoms with Crippen LogP contribution in [0.25, 0.3) is 6.08 Å². The summed E-state index contributed by atoms with van der Waals surface area (Å²) in [7, 11) is 0. The van der Waals surface area contributed by atoms with Crippen LogP contribution in [0.1, 0.15) is 55.4 Å². The van der Waals surface area contributed by atoms with Crippen molar-refractivity contribution < 1.29 is 14.3 Å². The van der Waals surface area contributed by atoms with Crippen molar-refractivity contribution >= 4 is 46.1 Å². The van der Waals surface area contributed by atoms with Crippen LogP contribution in [0.4, 0.5) is 5.82 Å². The minimum Gasteiger partial charge on any atom is -0.454 e. The van der Waals surface area contributed by atoms with E-state index in [9.17, 15) is 14.9 Å². The molecule has 1 atom stereocenters. The monoisotopic (exact) mass is 550 g/mol. The van der Waals surface area contributed by atoms with Crippen molar-refractivity contribution in [1.29, 1.82) is 5.26 Å². The number of carbonyl (C=O) groups is 1. The third kappa shape index (κ3) is 4.81. The van der Waals surface area contributed by atoms with Crippen LogP contribution in [0.3, 0.4) is 0 Å². The fourth-order valence-corrected chi connectivity index (χ4v) is 6.52. The second kappa shape index (κ2) is 10.8. The third-order valence-electron chi connectivity index (χ3n) is 7.18. The Kier molecular flexibility index (Phi) is 7.50. The lowest BCUT2D eigenvalue weighted by molar-refractivity contribution is -0.122. The number of hydrogen-bond acceptors (Lipinski definition) is 8. The molecule has 2 aromatic rings. The number of ether oxygens (including phenoxy) is 2. The van der Waals surface area contributed by atoms with Crippen molar-refractivity contribution in [3.63, 3.8) is 0 Å². The van der Waals surface area contributed by atoms with Crippen molar-refractivity contribution in [3.05, 3.63) is 55.7 Å². The quantitative estimate of drug-likeness (QED) is 0.374. The Morgan fingerprint density at radius 1 is 1.26 bits per heavy atom. The number of aromatic nitrogens is 1. The van der Waals surface area contributed by atoms with Crippen LogP contribution in [0.2, 0.25) is 0 Å². The molecule has 0 bridgehead atoms. The Labute approximate surface area is 231 Å². The van der Waals surface area contributed by atoms with E-state index in [0.717, 1.165) is 49.3 Å². The first-order valence-electron chi connectivity index (χ1n) is 12.9. The molecule has 38 heavy (non-hydrogen) atoms. The van der Waals surface area contributed by atoms with Gasteiger partial charge < -0.3 is 14.4 Å². The molecule has 198 valence electrons. The number of amides is 1. The Bertz CT molecular complexity index is 1440. The predicted molar refractivity (Wildman–Crippen MR) is 152 cm³/mol. The van der Waals surface area contributed by atoms with Crippen molar-refractivity contribution in [2.75, 3.05) is 24.8 Å². The molecule has 1 unspecified atom stereocenters. The molecule has 0 aliphatic carbocycles. The minimum atomic E-state index is -0.271. The van der Waals surface area contributed by atoms with E-state index in [0.29, 0.717) is 45.3 Å². The first kappa shape index (κ1) is 26.3. The predicted octanol–water partition coefficient (Wildman–Crippen LogP) is 4.80. The standard InChI is InChI=1S/C28H30N4O4S2/c1-4-9-31-25(30-10-5-6-17(2)14-30)20(18(3)21(13-29)26(31)33)12-24-27(34)32(28(37)38-24)15-19-7-8-22-23(11-19)36-16-35-22/h7-8,11-12,17H,4-6,9-10,14-16H2,1-3H3/b24-12+. The first-order valence-corrected chi connectivity index (χ1v) is 14.1. The molecule has 0 N–H and O–H groups in total. The highest BCUT2D eigenvalue weighted by molar-refractivity contribution is 8.26. The summed E-state index contributed by atoms with van der Waals surface area (Å²) in [4.78, 5) is 31.3. The van der Waals surface area contributed by atoms with E-state index in [1.54, 1.807) is 16.4 Å². The van der Waals surface area contributed by atoms with Crippen LogP contribution in [-0.4, -0.2) is 39.6 Å². The van der Waals surface area contributed by atoms with Crippen LogP contribution in [0.15, 0.2) is 27.9 Å². The number of benzene rings is 1. The minimum absolute atomic E-state index is 0.120. The zero-order valence-electron chi connectivity index (χ0n) is 21.8. The normalized spacial score (nSPS) is 19.9. The van der Waals surface area contributed by atoms with Gasteiger partial charge in [0.25, 0.3) is 11.5 Å². The molecule has 1 aromatic heterocycles. The van der Waals surface area contributed by atoms with E-state index >= 15 is 0 Å². The molecule has 0 saturated carbocycles. The van der Waals surface area contributed by atoms with Gasteiger partial charge in [-0.1, -0.05) is 43.9 Å². The lowest BCUT2D eigenvalue weighted by Gasteiger charge is -2.36. The number of nitrogens with zero attached hydrogens (tertiary/aromatic N) is 4. The van der Waals surface area contributed by atoms with Gasteiger partial charge in [-0.15, -0.1) is 0 Å². The molecule has 2 fully saturated rings. The maximum Gasteiger partial charge on any atom is 0.270 e. The Balaban J connectivity index is 1.56. The number of nitriles is 1. The van der Waals surface area contributed by atoms with Crippen LogP contribution in [-0.2, 0) is 17.9 Å². The molecule has 8 nitrogen and oxygen atoms in total. The maximum atomic E-state index is 13.6. The van der Waals surface area contributed by atoms with Gasteiger partial charge in [0.05, 0.1) is 11.4 Å². The molecule has 3 aliphatic heterocycles. The van der Waals surface area contributed by atoms with Crippen molar-refractivity contribution in [1.82, 2.24) is 9.47 Å². The number of hydrogen-bond donors (Lipinski definition) is 0. The largest absolute Gasteiger partial charge is 0.454 e. The van der Waals surface area contributed by atoms with Gasteiger partial charge in [0.2, 0.25) is 6.79 Å². The smallest absolute Gasteiger partial charge is 0.270 e. The molecule has 10 heteroatoms. The van der Waals surface area contributed by atoms with Gasteiger partial charge in [-0.3, -0.25) is 19.1 Å². The Hall–Kier alpha value is -3.29. The summed E-state index contributed by atoms with van der Waals surface area (Å²) < 4.78 is 13.1. The van der Waals surface area contributed by atoms with Crippen molar-refractivity contribution in [2.45, 2.75) is 53.1 Å². The summed E-state index contributed by atoms with van der Waals surface area (Å²) in [5, 5.41) is 9.87. The van der Waals surface area contributed by atoms with Gasteiger partial charge in [-0.05, 0) is 61.4 Å². The van der Waals surface area contributed by atoms with Crippen LogP contribution >= 0.6 is 24.0 Å². The summed E-state index contributed by atoms with van der Waals surface area (Å²) in [6.07, 6.45) is 4.74. The number of anilines is 1. The molecule has 0 spiro atoms. The van der Waals surface area contributed by atoms with E-state index in [1.807, 2.05) is 31.2 Å². The van der Waals surface area contributed by atoms with Gasteiger partial charge >= 0.3 is 0 Å². The summed E-state index contributed by atoms with van der Waals surface area (Å²) in [5.74, 6) is 2.42. The topological polar surface area (TPSA) is 87.8 Å². The van der Waals surface area contributed by atoms with Gasteiger partial charge in [-0.25, -0.2) is 0 Å². The van der Waals surface area contributed by atoms with E-state index in [4.69, 9.17) is 21.7 Å². The van der Waals surface area contributed by atoms with Crippen molar-refractivity contribution in [3.8, 4) is 17.6 Å². The van der Waals surface area contributed by atoms with E-state index in [2.05, 4.69) is 17.9 Å². The molecule has 2 saturated heterocycles. The third-order valence-corrected chi connectivity index (χ3v) is 8.55. The maximum absolute atomic E-state index is 13.6. The second-order valence-corrected chi connectivity index (χ2v) is 11.6. The SMILES string of the molecule is CCCn1c(N2CCCC(C)C2)c(/C=C2/SC(=S)N(Cc3ccc4c(c3)OCO4)C2=O)c(C)c(C#N)c1=O. The molecular weight excluding hydrogens is 520 g/mol. The van der Waals surface area contributed by atoms with Gasteiger partial charge in [0.1, 0.15) is 21.8 Å². The van der Waals surface area contributed by atoms with Crippen LogP contribution in [0, 0.1) is 24.2 Å². The van der Waals surface area contributed by atoms with Gasteiger partial charge in [-0.2, -0.15) is 5.26 Å². The van der Waals surface area contributed by atoms with Gasteiger partial charge in [0, 0.05) is 25.2 Å². The van der Waals surface area contributed by atoms with E-state index in [-0.39, 0.29) is 23.8 Å². The number of thiocarbonyl (C=S) groups is 1. The summed E-state index contributed by atoms with van der Waals surface area (Å²) in [5.41, 5.74) is 2.07. The zero-order valence-corrected chi connectivity index (χ0v) is 23.4. The van der Waals surface area contributed by atoms with Crippen LogP contribution < -0.4 is 19.9 Å². The number of rotatable bonds is 6. The highest BCUT2D eigenvalue weighted by Gasteiger charge is 2.34. The highest BCUT2D eigenvalue weighted by Crippen LogP contribution is 2.38. The molecule has 1 amide bonds. The lowest BCUT2D eigenvalue weighted by atomic mass is 9.98. The molecule has 1 aromatic carbocycles. The van der Waals surface area contributed by atoms with E-state index in [1.165, 1.54) is 11.8 Å². The summed E-state index contributed by atoms with van der Waals surface area (Å²) in [6, 6.07) is 7.71. The van der Waals surface area contributed by atoms with Gasteiger partial charge in [0.15, 0.2) is 11.5 Å². The summed E-state index contributed by atoms with van der Waals surface area (Å²) >= 11 is 6.85. The Morgan fingerprint density at radius 2 is 2.05 bits per heavy atom. The molecule has 4 heterocycles. The zero-order chi connectivity index (χ0) is 27.0. The first-order chi connectivity index (χ1) is 18.3. The number of piperidine rings is 1. The fraction of sp³-hybridized carbons (Fsp3) is 0.429. The average molecular weight is 551 g/mol. The second-order valence-electron chi connectivity index (χ2n) is 9.95. The summed E-state index contributed by atoms with van der Waals surface area (Å²) in [6.45, 7) is 8.67.